The van der Waals surface area contributed by atoms with Crippen molar-refractivity contribution >= 4 is 0 Å². The highest BCUT2D eigenvalue weighted by Gasteiger charge is 2.26. The van der Waals surface area contributed by atoms with Gasteiger partial charge >= 0.3 is 6.18 Å². The molecule has 0 fully saturated rings. The molecule has 0 saturated heterocycles. The van der Waals surface area contributed by atoms with E-state index in [1.54, 1.807) is 0 Å². The molecular weight excluding hydrogens is 177 g/mol. The van der Waals surface area contributed by atoms with E-state index >= 15 is 0 Å². The highest BCUT2D eigenvalue weighted by atomic mass is 19.4. The molecule has 0 aromatic heterocycles. The Kier molecular flexibility index (Phi) is 3.58. The van der Waals surface area contributed by atoms with Crippen LogP contribution in [0, 0.1) is 5.92 Å². The Labute approximate surface area is 76.1 Å². The maximum absolute atomic E-state index is 11.8. The van der Waals surface area contributed by atoms with Crippen molar-refractivity contribution in [1.82, 2.24) is 0 Å². The monoisotopic (exact) mass is 190 g/mol. The lowest BCUT2D eigenvalue weighted by molar-refractivity contribution is -0.135. The molecule has 0 aliphatic heterocycles. The third kappa shape index (κ3) is 4.76. The fraction of sp³-hybridized carbons (Fsp3) is 0.600. The maximum atomic E-state index is 11.8. The minimum absolute atomic E-state index is 0.242. The van der Waals surface area contributed by atoms with Gasteiger partial charge in [-0.15, -0.1) is 0 Å². The summed E-state index contributed by atoms with van der Waals surface area (Å²) in [5.74, 6) is 0.312. The largest absolute Gasteiger partial charge is 0.389 e. The van der Waals surface area contributed by atoms with Crippen LogP contribution in [-0.4, -0.2) is 6.18 Å². The molecule has 0 amide bonds. The molecule has 0 aromatic rings. The van der Waals surface area contributed by atoms with Crippen LogP contribution < -0.4 is 0 Å². The molecule has 1 aliphatic carbocycles. The van der Waals surface area contributed by atoms with E-state index in [9.17, 15) is 13.2 Å². The average Bonchev–Trinajstić information content (AvgIpc) is 2.04. The normalized spacial score (nSPS) is 22.2. The first kappa shape index (κ1) is 10.4. The van der Waals surface area contributed by atoms with Crippen LogP contribution >= 0.6 is 0 Å². The van der Waals surface area contributed by atoms with Crippen molar-refractivity contribution in [3.8, 4) is 0 Å². The van der Waals surface area contributed by atoms with Gasteiger partial charge in [-0.25, -0.2) is 0 Å². The van der Waals surface area contributed by atoms with Crippen LogP contribution in [0.3, 0.4) is 0 Å². The van der Waals surface area contributed by atoms with Gasteiger partial charge in [-0.05, 0) is 25.2 Å². The molecule has 13 heavy (non-hydrogen) atoms. The summed E-state index contributed by atoms with van der Waals surface area (Å²) >= 11 is 0. The summed E-state index contributed by atoms with van der Waals surface area (Å²) in [6.07, 6.45) is 4.94. The number of hydrogen-bond donors (Lipinski definition) is 0. The first-order valence-electron chi connectivity index (χ1n) is 4.48. The van der Waals surface area contributed by atoms with Gasteiger partial charge in [0, 0.05) is 6.42 Å². The summed E-state index contributed by atoms with van der Waals surface area (Å²) in [7, 11) is 0. The summed E-state index contributed by atoms with van der Waals surface area (Å²) in [4.78, 5) is 0. The van der Waals surface area contributed by atoms with Crippen molar-refractivity contribution < 1.29 is 13.2 Å². The van der Waals surface area contributed by atoms with Crippen molar-refractivity contribution in [3.05, 3.63) is 24.3 Å². The van der Waals surface area contributed by atoms with Crippen LogP contribution in [-0.2, 0) is 0 Å². The molecule has 1 unspecified atom stereocenters. The van der Waals surface area contributed by atoms with Crippen molar-refractivity contribution in [2.75, 3.05) is 0 Å². The predicted octanol–water partition coefficient (Wildman–Crippen LogP) is 3.85. The smallest absolute Gasteiger partial charge is 0.171 e. The molecule has 0 bridgehead atoms. The second-order valence-corrected chi connectivity index (χ2v) is 3.32. The Morgan fingerprint density at radius 3 is 2.54 bits per heavy atom. The van der Waals surface area contributed by atoms with Crippen molar-refractivity contribution in [3.63, 3.8) is 0 Å². The summed E-state index contributed by atoms with van der Waals surface area (Å²) in [5, 5.41) is 0. The third-order valence-electron chi connectivity index (χ3n) is 2.10. The van der Waals surface area contributed by atoms with E-state index in [0.717, 1.165) is 6.42 Å². The van der Waals surface area contributed by atoms with Crippen LogP contribution in [0.4, 0.5) is 13.2 Å². The van der Waals surface area contributed by atoms with Crippen molar-refractivity contribution in [2.45, 2.75) is 31.9 Å². The number of allylic oxidation sites excluding steroid dienone is 4. The van der Waals surface area contributed by atoms with E-state index in [0.29, 0.717) is 12.3 Å². The van der Waals surface area contributed by atoms with E-state index in [1.165, 1.54) is 0 Å². The number of halogens is 3. The second-order valence-electron chi connectivity index (χ2n) is 3.32. The van der Waals surface area contributed by atoms with Gasteiger partial charge in [0.25, 0.3) is 0 Å². The number of rotatable bonds is 3. The van der Waals surface area contributed by atoms with E-state index < -0.39 is 12.6 Å². The van der Waals surface area contributed by atoms with Gasteiger partial charge < -0.3 is 0 Å². The van der Waals surface area contributed by atoms with E-state index in [4.69, 9.17) is 0 Å². The van der Waals surface area contributed by atoms with Gasteiger partial charge in [-0.1, -0.05) is 24.3 Å². The molecular formula is C10H13F3. The minimum Gasteiger partial charge on any atom is -0.171 e. The van der Waals surface area contributed by atoms with Gasteiger partial charge in [-0.3, -0.25) is 0 Å². The summed E-state index contributed by atoms with van der Waals surface area (Å²) in [5.41, 5.74) is 0. The molecule has 0 N–H and O–H groups in total. The summed E-state index contributed by atoms with van der Waals surface area (Å²) < 4.78 is 35.3. The first-order valence-corrected chi connectivity index (χ1v) is 4.48. The second kappa shape index (κ2) is 4.49. The Bertz CT molecular complexity index is 201. The molecule has 0 spiro atoms. The molecule has 0 heterocycles. The van der Waals surface area contributed by atoms with E-state index in [2.05, 4.69) is 0 Å². The van der Waals surface area contributed by atoms with Gasteiger partial charge in [0.2, 0.25) is 0 Å². The van der Waals surface area contributed by atoms with Gasteiger partial charge in [-0.2, -0.15) is 13.2 Å². The maximum Gasteiger partial charge on any atom is 0.389 e. The van der Waals surface area contributed by atoms with Crippen LogP contribution in [0.15, 0.2) is 24.3 Å². The Balaban J connectivity index is 2.13. The lowest BCUT2D eigenvalue weighted by Gasteiger charge is -2.13. The van der Waals surface area contributed by atoms with Gasteiger partial charge in [0.15, 0.2) is 0 Å². The number of hydrogen-bond acceptors (Lipinski definition) is 0. The topological polar surface area (TPSA) is 0 Å². The van der Waals surface area contributed by atoms with Crippen LogP contribution in [0.2, 0.25) is 0 Å². The van der Waals surface area contributed by atoms with Gasteiger partial charge in [0.05, 0.1) is 0 Å². The average molecular weight is 190 g/mol. The highest BCUT2D eigenvalue weighted by Crippen LogP contribution is 2.25. The fourth-order valence-corrected chi connectivity index (χ4v) is 1.41. The Morgan fingerprint density at radius 1 is 1.23 bits per heavy atom. The summed E-state index contributed by atoms with van der Waals surface area (Å²) in [6.45, 7) is 0. The first-order chi connectivity index (χ1) is 6.08. The zero-order valence-corrected chi connectivity index (χ0v) is 7.35. The molecule has 1 rings (SSSR count). The molecule has 0 aromatic carbocycles. The lowest BCUT2D eigenvalue weighted by atomic mass is 9.95. The standard InChI is InChI=1S/C10H13F3/c11-10(12,13)8-4-7-9-5-2-1-3-6-9/h1-3,5,9H,4,6-8H2. The fourth-order valence-electron chi connectivity index (χ4n) is 1.41. The highest BCUT2D eigenvalue weighted by molar-refractivity contribution is 5.10. The summed E-state index contributed by atoms with van der Waals surface area (Å²) in [6, 6.07) is 0. The lowest BCUT2D eigenvalue weighted by Crippen LogP contribution is -2.08. The van der Waals surface area contributed by atoms with Crippen molar-refractivity contribution in [2.24, 2.45) is 5.92 Å². The predicted molar refractivity (Wildman–Crippen MR) is 46.3 cm³/mol. The molecule has 1 aliphatic rings. The van der Waals surface area contributed by atoms with Crippen LogP contribution in [0.1, 0.15) is 25.7 Å². The van der Waals surface area contributed by atoms with E-state index in [1.807, 2.05) is 24.3 Å². The van der Waals surface area contributed by atoms with Crippen LogP contribution in [0.5, 0.6) is 0 Å². The van der Waals surface area contributed by atoms with Crippen molar-refractivity contribution in [1.29, 1.82) is 0 Å². The SMILES string of the molecule is FC(F)(F)CCCC1C=CC=CC1. The molecule has 74 valence electrons. The molecule has 0 nitrogen and oxygen atoms in total. The molecule has 0 saturated carbocycles. The zero-order valence-electron chi connectivity index (χ0n) is 7.35. The Hall–Kier alpha value is -0.730. The molecule has 1 atom stereocenters. The third-order valence-corrected chi connectivity index (χ3v) is 2.10. The molecule has 3 heteroatoms. The number of alkyl halides is 3. The van der Waals surface area contributed by atoms with Gasteiger partial charge in [0.1, 0.15) is 0 Å². The zero-order chi connectivity index (χ0) is 9.73. The molecule has 0 radical (unpaired) electrons. The Morgan fingerprint density at radius 2 is 2.00 bits per heavy atom. The quantitative estimate of drug-likeness (QED) is 0.634. The minimum atomic E-state index is -3.99. The van der Waals surface area contributed by atoms with E-state index in [-0.39, 0.29) is 6.42 Å². The van der Waals surface area contributed by atoms with Crippen LogP contribution in [0.25, 0.3) is 0 Å².